The molecule has 0 aliphatic carbocycles. The molecule has 0 fully saturated rings. The molecule has 0 saturated carbocycles. The highest BCUT2D eigenvalue weighted by molar-refractivity contribution is 6.32. The SMILES string of the molecule is O=C(/C=C/c1cc(Cl)ccc1-n1cnnn1)NC(Cc1cccc(F)c1)c1cc(-c2ccc(NC(=O)NCCO)cc2)c(Cl)nn1. The molecular formula is C31H26Cl2FN9O3. The Morgan fingerprint density at radius 2 is 1.85 bits per heavy atom. The van der Waals surface area contributed by atoms with Crippen molar-refractivity contribution >= 4 is 46.9 Å². The number of benzene rings is 3. The lowest BCUT2D eigenvalue weighted by molar-refractivity contribution is -0.117. The number of hydrogen-bond acceptors (Lipinski definition) is 8. The Bertz CT molecular complexity index is 1860. The fraction of sp³-hybridized carbons (Fsp3) is 0.129. The largest absolute Gasteiger partial charge is 0.395 e. The lowest BCUT2D eigenvalue weighted by Crippen LogP contribution is -2.30. The van der Waals surface area contributed by atoms with E-state index in [2.05, 4.69) is 41.7 Å². The zero-order valence-corrected chi connectivity index (χ0v) is 25.5. The minimum absolute atomic E-state index is 0.121. The molecule has 0 aliphatic rings. The third-order valence-electron chi connectivity index (χ3n) is 6.62. The van der Waals surface area contributed by atoms with Crippen molar-refractivity contribution in [2.24, 2.45) is 0 Å². The molecule has 3 aromatic carbocycles. The van der Waals surface area contributed by atoms with E-state index >= 15 is 0 Å². The normalized spacial score (nSPS) is 11.7. The smallest absolute Gasteiger partial charge is 0.319 e. The van der Waals surface area contributed by atoms with Gasteiger partial charge in [0.25, 0.3) is 0 Å². The van der Waals surface area contributed by atoms with Gasteiger partial charge >= 0.3 is 6.03 Å². The molecule has 0 radical (unpaired) electrons. The summed E-state index contributed by atoms with van der Waals surface area (Å²) in [7, 11) is 0. The van der Waals surface area contributed by atoms with Gasteiger partial charge in [-0.25, -0.2) is 9.18 Å². The van der Waals surface area contributed by atoms with Crippen molar-refractivity contribution in [1.29, 1.82) is 0 Å². The van der Waals surface area contributed by atoms with Crippen LogP contribution < -0.4 is 16.0 Å². The van der Waals surface area contributed by atoms with Crippen molar-refractivity contribution in [3.05, 3.63) is 118 Å². The van der Waals surface area contributed by atoms with Crippen molar-refractivity contribution < 1.29 is 19.1 Å². The Hall–Kier alpha value is -5.24. The molecule has 2 heterocycles. The Labute approximate surface area is 272 Å². The Kier molecular flexibility index (Phi) is 10.6. The molecule has 0 saturated heterocycles. The maximum Gasteiger partial charge on any atom is 0.319 e. The van der Waals surface area contributed by atoms with Gasteiger partial charge in [0.1, 0.15) is 12.1 Å². The quantitative estimate of drug-likeness (QED) is 0.147. The van der Waals surface area contributed by atoms with Gasteiger partial charge in [-0.05, 0) is 82.6 Å². The summed E-state index contributed by atoms with van der Waals surface area (Å²) in [4.78, 5) is 25.2. The van der Waals surface area contributed by atoms with Crippen molar-refractivity contribution in [3.63, 3.8) is 0 Å². The zero-order chi connectivity index (χ0) is 32.5. The summed E-state index contributed by atoms with van der Waals surface area (Å²) in [5, 5.41) is 37.2. The summed E-state index contributed by atoms with van der Waals surface area (Å²) in [5.41, 5.74) is 3.93. The van der Waals surface area contributed by atoms with E-state index in [-0.39, 0.29) is 24.7 Å². The van der Waals surface area contributed by atoms with Crippen LogP contribution in [0.4, 0.5) is 14.9 Å². The van der Waals surface area contributed by atoms with E-state index in [1.54, 1.807) is 66.7 Å². The fourth-order valence-electron chi connectivity index (χ4n) is 4.50. The van der Waals surface area contributed by atoms with Crippen molar-refractivity contribution in [3.8, 4) is 16.8 Å². The molecule has 1 unspecified atom stereocenters. The third-order valence-corrected chi connectivity index (χ3v) is 7.14. The first-order chi connectivity index (χ1) is 22.3. The average molecular weight is 663 g/mol. The molecule has 46 heavy (non-hydrogen) atoms. The van der Waals surface area contributed by atoms with Gasteiger partial charge in [-0.1, -0.05) is 47.5 Å². The minimum atomic E-state index is -0.725. The number of tetrazole rings is 1. The van der Waals surface area contributed by atoms with Crippen LogP contribution in [0.25, 0.3) is 22.9 Å². The van der Waals surface area contributed by atoms with Gasteiger partial charge in [-0.2, -0.15) is 9.78 Å². The number of carbonyl (C=O) groups is 2. The van der Waals surface area contributed by atoms with Crippen LogP contribution in [0.3, 0.4) is 0 Å². The van der Waals surface area contributed by atoms with Crippen LogP contribution in [0.1, 0.15) is 22.9 Å². The average Bonchev–Trinajstić information content (AvgIpc) is 3.58. The number of nitrogens with one attached hydrogen (secondary N) is 3. The van der Waals surface area contributed by atoms with E-state index in [1.807, 2.05) is 0 Å². The summed E-state index contributed by atoms with van der Waals surface area (Å²) in [6, 6.07) is 18.5. The number of aliphatic hydroxyl groups is 1. The van der Waals surface area contributed by atoms with Crippen LogP contribution in [0.2, 0.25) is 10.2 Å². The predicted molar refractivity (Wildman–Crippen MR) is 171 cm³/mol. The van der Waals surface area contributed by atoms with E-state index in [0.29, 0.717) is 44.3 Å². The predicted octanol–water partition coefficient (Wildman–Crippen LogP) is 4.79. The molecule has 0 bridgehead atoms. The topological polar surface area (TPSA) is 160 Å². The van der Waals surface area contributed by atoms with Crippen molar-refractivity contribution in [2.45, 2.75) is 12.5 Å². The molecular weight excluding hydrogens is 636 g/mol. The Morgan fingerprint density at radius 3 is 2.59 bits per heavy atom. The number of aromatic nitrogens is 6. The van der Waals surface area contributed by atoms with Crippen LogP contribution in [-0.2, 0) is 11.2 Å². The highest BCUT2D eigenvalue weighted by Gasteiger charge is 2.20. The van der Waals surface area contributed by atoms with Gasteiger partial charge in [0, 0.05) is 34.5 Å². The standard InChI is InChI=1S/C31H26Cl2FN9O3/c32-22-7-10-28(43-18-36-41-42-43)21(16-22)6-11-29(45)38-26(15-19-2-1-3-23(34)14-19)27-17-25(30(33)40-39-27)20-4-8-24(9-5-20)37-31(46)35-12-13-44/h1-11,14,16-18,26,44H,12-13,15H2,(H,38,45)(H2,35,37,46)/b11-6+. The number of nitrogens with zero attached hydrogens (tertiary/aromatic N) is 6. The summed E-state index contributed by atoms with van der Waals surface area (Å²) in [6.07, 6.45) is 4.54. The molecule has 5 rings (SSSR count). The van der Waals surface area contributed by atoms with Gasteiger partial charge in [0.05, 0.1) is 24.0 Å². The number of aliphatic hydroxyl groups excluding tert-OH is 1. The van der Waals surface area contributed by atoms with Crippen LogP contribution in [0, 0.1) is 5.82 Å². The molecule has 1 atom stereocenters. The minimum Gasteiger partial charge on any atom is -0.395 e. The third kappa shape index (κ3) is 8.47. The van der Waals surface area contributed by atoms with Gasteiger partial charge in [0.2, 0.25) is 5.91 Å². The number of anilines is 1. The number of amides is 3. The maximum atomic E-state index is 14.1. The first-order valence-corrected chi connectivity index (χ1v) is 14.6. The lowest BCUT2D eigenvalue weighted by Gasteiger charge is -2.19. The number of hydrogen-bond donors (Lipinski definition) is 4. The maximum absolute atomic E-state index is 14.1. The van der Waals surface area contributed by atoms with Gasteiger partial charge in [0.15, 0.2) is 5.15 Å². The van der Waals surface area contributed by atoms with E-state index in [4.69, 9.17) is 28.3 Å². The molecule has 15 heteroatoms. The number of urea groups is 1. The molecule has 4 N–H and O–H groups in total. The summed E-state index contributed by atoms with van der Waals surface area (Å²) in [6.45, 7) is -0.0552. The lowest BCUT2D eigenvalue weighted by atomic mass is 10.00. The van der Waals surface area contributed by atoms with Gasteiger partial charge < -0.3 is 21.1 Å². The van der Waals surface area contributed by atoms with E-state index < -0.39 is 23.8 Å². The molecule has 2 aromatic heterocycles. The zero-order valence-electron chi connectivity index (χ0n) is 23.9. The Balaban J connectivity index is 1.41. The van der Waals surface area contributed by atoms with E-state index in [1.165, 1.54) is 29.2 Å². The molecule has 0 aliphatic heterocycles. The first kappa shape index (κ1) is 32.2. The molecule has 3 amide bonds. The van der Waals surface area contributed by atoms with Gasteiger partial charge in [-0.15, -0.1) is 10.2 Å². The number of carbonyl (C=O) groups excluding carboxylic acids is 2. The second-order valence-corrected chi connectivity index (χ2v) is 10.6. The van der Waals surface area contributed by atoms with Crippen LogP contribution in [-0.4, -0.2) is 60.6 Å². The Morgan fingerprint density at radius 1 is 1.02 bits per heavy atom. The highest BCUT2D eigenvalue weighted by atomic mass is 35.5. The van der Waals surface area contributed by atoms with Crippen LogP contribution >= 0.6 is 23.2 Å². The highest BCUT2D eigenvalue weighted by Crippen LogP contribution is 2.30. The molecule has 234 valence electrons. The summed E-state index contributed by atoms with van der Waals surface area (Å²) in [5.74, 6) is -0.877. The molecule has 12 nitrogen and oxygen atoms in total. The van der Waals surface area contributed by atoms with E-state index in [9.17, 15) is 14.0 Å². The monoisotopic (exact) mass is 661 g/mol. The first-order valence-electron chi connectivity index (χ1n) is 13.8. The van der Waals surface area contributed by atoms with Gasteiger partial charge in [-0.3, -0.25) is 4.79 Å². The van der Waals surface area contributed by atoms with E-state index in [0.717, 1.165) is 0 Å². The summed E-state index contributed by atoms with van der Waals surface area (Å²) < 4.78 is 15.5. The second kappa shape index (κ2) is 15.2. The second-order valence-electron chi connectivity index (χ2n) is 9.84. The number of rotatable bonds is 11. The summed E-state index contributed by atoms with van der Waals surface area (Å²) >= 11 is 12.6. The fourth-order valence-corrected chi connectivity index (χ4v) is 4.88. The van der Waals surface area contributed by atoms with Crippen molar-refractivity contribution in [2.75, 3.05) is 18.5 Å². The van der Waals surface area contributed by atoms with Crippen LogP contribution in [0.5, 0.6) is 0 Å². The molecule has 0 spiro atoms. The molecule has 5 aromatic rings. The number of halogens is 3. The van der Waals surface area contributed by atoms with Crippen molar-refractivity contribution in [1.82, 2.24) is 41.0 Å². The van der Waals surface area contributed by atoms with Crippen LogP contribution in [0.15, 0.2) is 85.2 Å².